The van der Waals surface area contributed by atoms with Crippen LogP contribution in [0.3, 0.4) is 0 Å². The molecule has 0 heterocycles. The van der Waals surface area contributed by atoms with Gasteiger partial charge in [0, 0.05) is 6.92 Å². The van der Waals surface area contributed by atoms with Crippen LogP contribution < -0.4 is 4.90 Å². The van der Waals surface area contributed by atoms with E-state index in [9.17, 15) is 4.79 Å². The molecule has 0 radical (unpaired) electrons. The van der Waals surface area contributed by atoms with Gasteiger partial charge in [-0.3, -0.25) is 4.79 Å². The first-order valence-electron chi connectivity index (χ1n) is 5.03. The summed E-state index contributed by atoms with van der Waals surface area (Å²) < 4.78 is 0. The first-order valence-corrected chi connectivity index (χ1v) is 5.03. The summed E-state index contributed by atoms with van der Waals surface area (Å²) >= 11 is 0. The quantitative estimate of drug-likeness (QED) is 0.719. The van der Waals surface area contributed by atoms with Crippen molar-refractivity contribution in [2.24, 2.45) is 0 Å². The third-order valence-electron chi connectivity index (χ3n) is 2.18. The summed E-state index contributed by atoms with van der Waals surface area (Å²) in [6.07, 6.45) is 0. The molecule has 0 fully saturated rings. The van der Waals surface area contributed by atoms with E-state index in [1.807, 2.05) is 36.4 Å². The van der Waals surface area contributed by atoms with Gasteiger partial charge in [-0.2, -0.15) is 48.5 Å². The number of anilines is 2. The molecule has 84 valence electrons. The molecule has 0 saturated heterocycles. The van der Waals surface area contributed by atoms with Gasteiger partial charge in [-0.1, -0.05) is 11.4 Å². The molecule has 0 unspecified atom stereocenters. The molecule has 0 aromatic heterocycles. The van der Waals surface area contributed by atoms with Crippen molar-refractivity contribution in [3.05, 3.63) is 60.7 Å². The molecule has 0 aliphatic rings. The molecule has 2 rings (SSSR count). The molecule has 0 aliphatic heterocycles. The predicted octanol–water partition coefficient (Wildman–Crippen LogP) is 2.97. The van der Waals surface area contributed by atoms with Gasteiger partial charge in [0.2, 0.25) is 5.91 Å². The van der Waals surface area contributed by atoms with E-state index in [2.05, 4.69) is 12.1 Å². The summed E-state index contributed by atoms with van der Waals surface area (Å²) in [7, 11) is 0. The van der Waals surface area contributed by atoms with Crippen LogP contribution in [-0.4, -0.2) is 5.91 Å². The minimum atomic E-state index is -0.0510. The molecule has 0 saturated carbocycles. The topological polar surface area (TPSA) is 20.3 Å². The molecule has 0 bridgehead atoms. The van der Waals surface area contributed by atoms with Crippen LogP contribution in [0.2, 0.25) is 0 Å². The van der Waals surface area contributed by atoms with Gasteiger partial charge in [0.1, 0.15) is 0 Å². The molecule has 2 aromatic rings. The van der Waals surface area contributed by atoms with Crippen LogP contribution in [0.5, 0.6) is 0 Å². The molecule has 0 spiro atoms. The fourth-order valence-electron chi connectivity index (χ4n) is 1.51. The predicted molar refractivity (Wildman–Crippen MR) is 63.4 cm³/mol. The van der Waals surface area contributed by atoms with Crippen molar-refractivity contribution < 1.29 is 25.9 Å². The average molecular weight is 393 g/mol. The number of carbonyl (C=O) groups excluding carboxylic acids is 1. The van der Waals surface area contributed by atoms with Crippen LogP contribution in [0.25, 0.3) is 0 Å². The standard InChI is InChI=1S/C14H11NO.W/c1-12(16)15(13-8-4-2-5-9-13)14-10-6-3-7-11-14;/h2-8,10H,1H3;/q-2;+2. The Bertz CT molecular complexity index is 431. The summed E-state index contributed by atoms with van der Waals surface area (Å²) in [4.78, 5) is 13.2. The second-order valence-corrected chi connectivity index (χ2v) is 3.35. The van der Waals surface area contributed by atoms with Crippen molar-refractivity contribution >= 4 is 17.3 Å². The van der Waals surface area contributed by atoms with Gasteiger partial charge >= 0.3 is 21.1 Å². The zero-order valence-electron chi connectivity index (χ0n) is 9.38. The number of carbonyl (C=O) groups is 1. The number of benzene rings is 2. The van der Waals surface area contributed by atoms with E-state index < -0.39 is 0 Å². The van der Waals surface area contributed by atoms with Crippen LogP contribution in [0.4, 0.5) is 11.4 Å². The minimum Gasteiger partial charge on any atom is -0.330 e. The van der Waals surface area contributed by atoms with E-state index in [1.165, 1.54) is 6.92 Å². The molecule has 1 amide bonds. The van der Waals surface area contributed by atoms with Gasteiger partial charge in [-0.25, -0.2) is 0 Å². The molecule has 0 aliphatic carbocycles. The monoisotopic (exact) mass is 393 g/mol. The molecule has 17 heavy (non-hydrogen) atoms. The maximum absolute atomic E-state index is 11.6. The van der Waals surface area contributed by atoms with E-state index in [-0.39, 0.29) is 27.0 Å². The Morgan fingerprint density at radius 1 is 1.00 bits per heavy atom. The van der Waals surface area contributed by atoms with Gasteiger partial charge in [-0.15, -0.1) is 12.1 Å². The fraction of sp³-hybridized carbons (Fsp3) is 0.0714. The van der Waals surface area contributed by atoms with E-state index in [0.717, 1.165) is 11.4 Å². The number of amides is 1. The number of nitrogens with zero attached hydrogens (tertiary/aromatic N) is 1. The molecular formula is C14H11NOW. The van der Waals surface area contributed by atoms with Gasteiger partial charge in [0.05, 0.1) is 0 Å². The Labute approximate surface area is 116 Å². The summed E-state index contributed by atoms with van der Waals surface area (Å²) in [5.74, 6) is -0.0510. The third kappa shape index (κ3) is 3.28. The van der Waals surface area contributed by atoms with Crippen LogP contribution in [0, 0.1) is 12.1 Å². The summed E-state index contributed by atoms with van der Waals surface area (Å²) in [6.45, 7) is 1.53. The van der Waals surface area contributed by atoms with Crippen molar-refractivity contribution in [3.63, 3.8) is 0 Å². The molecular weight excluding hydrogens is 382 g/mol. The zero-order chi connectivity index (χ0) is 11.4. The van der Waals surface area contributed by atoms with Gasteiger partial charge in [0.25, 0.3) is 0 Å². The number of hydrogen-bond acceptors (Lipinski definition) is 1. The molecule has 0 N–H and O–H groups in total. The second kappa shape index (κ2) is 6.36. The first kappa shape index (κ1) is 13.7. The van der Waals surface area contributed by atoms with Gasteiger partial charge in [-0.05, 0) is 0 Å². The first-order chi connectivity index (χ1) is 7.79. The Morgan fingerprint density at radius 3 is 1.76 bits per heavy atom. The van der Waals surface area contributed by atoms with E-state index in [0.29, 0.717) is 0 Å². The van der Waals surface area contributed by atoms with E-state index >= 15 is 0 Å². The Hall–Kier alpha value is -1.40. The SMILES string of the molecule is CC(=O)N(c1[c-]cccc1)c1[c-]cccc1.[W+2]. The largest absolute Gasteiger partial charge is 2.00 e. The number of rotatable bonds is 2. The van der Waals surface area contributed by atoms with E-state index in [4.69, 9.17) is 0 Å². The second-order valence-electron chi connectivity index (χ2n) is 3.35. The van der Waals surface area contributed by atoms with Crippen molar-refractivity contribution in [1.29, 1.82) is 0 Å². The molecule has 3 heteroatoms. The Morgan fingerprint density at radius 2 is 1.47 bits per heavy atom. The molecule has 2 nitrogen and oxygen atoms in total. The van der Waals surface area contributed by atoms with Gasteiger partial charge in [0.15, 0.2) is 0 Å². The maximum Gasteiger partial charge on any atom is 2.00 e. The zero-order valence-corrected chi connectivity index (χ0v) is 12.3. The van der Waals surface area contributed by atoms with Gasteiger partial charge < -0.3 is 4.90 Å². The molecule has 2 aromatic carbocycles. The summed E-state index contributed by atoms with van der Waals surface area (Å²) in [6, 6.07) is 20.8. The van der Waals surface area contributed by atoms with Crippen LogP contribution in [-0.2, 0) is 25.9 Å². The normalized spacial score (nSPS) is 9.24. The fourth-order valence-corrected chi connectivity index (χ4v) is 1.51. The Balaban J connectivity index is 0.00000144. The summed E-state index contributed by atoms with van der Waals surface area (Å²) in [5.41, 5.74) is 1.47. The number of para-hydroxylation sites is 2. The van der Waals surface area contributed by atoms with Crippen molar-refractivity contribution in [2.75, 3.05) is 4.90 Å². The third-order valence-corrected chi connectivity index (χ3v) is 2.18. The van der Waals surface area contributed by atoms with E-state index in [1.54, 1.807) is 17.0 Å². The maximum atomic E-state index is 11.6. The van der Waals surface area contributed by atoms with Crippen molar-refractivity contribution in [2.45, 2.75) is 6.92 Å². The van der Waals surface area contributed by atoms with Crippen molar-refractivity contribution in [3.8, 4) is 0 Å². The Kier molecular flexibility index (Phi) is 5.11. The summed E-state index contributed by atoms with van der Waals surface area (Å²) in [5, 5.41) is 0. The van der Waals surface area contributed by atoms with Crippen LogP contribution in [0.15, 0.2) is 48.5 Å². The van der Waals surface area contributed by atoms with Crippen LogP contribution in [0.1, 0.15) is 6.92 Å². The minimum absolute atomic E-state index is 0. The smallest absolute Gasteiger partial charge is 0.330 e. The average Bonchev–Trinajstić information content (AvgIpc) is 2.31. The molecule has 0 atom stereocenters. The van der Waals surface area contributed by atoms with Crippen LogP contribution >= 0.6 is 0 Å². The van der Waals surface area contributed by atoms with Crippen molar-refractivity contribution in [1.82, 2.24) is 0 Å². The number of hydrogen-bond donors (Lipinski definition) is 0.